The van der Waals surface area contributed by atoms with Crippen LogP contribution in [0.4, 0.5) is 5.82 Å². The summed E-state index contributed by atoms with van der Waals surface area (Å²) in [4.78, 5) is 34.6. The molecule has 2 aliphatic rings. The molecule has 0 bridgehead atoms. The monoisotopic (exact) mass is 380 g/mol. The minimum absolute atomic E-state index is 0.118. The van der Waals surface area contributed by atoms with Crippen LogP contribution in [0.5, 0.6) is 0 Å². The molecule has 1 aliphatic carbocycles. The minimum Gasteiger partial charge on any atom is -0.358 e. The van der Waals surface area contributed by atoms with Gasteiger partial charge in [0.2, 0.25) is 5.91 Å². The highest BCUT2D eigenvalue weighted by Gasteiger charge is 2.31. The fourth-order valence-corrected chi connectivity index (χ4v) is 5.17. The third-order valence-corrected chi connectivity index (χ3v) is 6.53. The lowest BCUT2D eigenvalue weighted by Crippen LogP contribution is -2.31. The highest BCUT2D eigenvalue weighted by Crippen LogP contribution is 2.39. The fraction of sp³-hybridized carbons (Fsp3) is 0.421. The number of nitrogens with zero attached hydrogens (tertiary/aromatic N) is 5. The summed E-state index contributed by atoms with van der Waals surface area (Å²) in [5, 5.41) is 4.51. The molecule has 4 heterocycles. The molecule has 5 rings (SSSR count). The van der Waals surface area contributed by atoms with Crippen molar-refractivity contribution in [1.82, 2.24) is 24.8 Å². The average molecular weight is 380 g/mol. The molecular weight excluding hydrogens is 360 g/mol. The van der Waals surface area contributed by atoms with Crippen molar-refractivity contribution in [1.29, 1.82) is 0 Å². The molecule has 1 unspecified atom stereocenters. The molecule has 1 amide bonds. The second-order valence-electron chi connectivity index (χ2n) is 7.12. The lowest BCUT2D eigenvalue weighted by molar-refractivity contribution is -0.127. The number of carbonyl (C=O) groups excluding carboxylic acids is 1. The third kappa shape index (κ3) is 2.84. The van der Waals surface area contributed by atoms with Gasteiger partial charge in [-0.25, -0.2) is 15.0 Å². The molecule has 1 saturated heterocycles. The van der Waals surface area contributed by atoms with Gasteiger partial charge in [-0.05, 0) is 37.7 Å². The van der Waals surface area contributed by atoms with Gasteiger partial charge in [0.25, 0.3) is 0 Å². The molecule has 1 aliphatic heterocycles. The van der Waals surface area contributed by atoms with Crippen molar-refractivity contribution in [2.45, 2.75) is 38.1 Å². The van der Waals surface area contributed by atoms with E-state index < -0.39 is 0 Å². The summed E-state index contributed by atoms with van der Waals surface area (Å²) in [5.74, 6) is 1.43. The molecule has 3 aromatic heterocycles. The number of hydrogen-bond donors (Lipinski definition) is 1. The highest BCUT2D eigenvalue weighted by atomic mass is 32.1. The van der Waals surface area contributed by atoms with E-state index >= 15 is 0 Å². The van der Waals surface area contributed by atoms with Crippen LogP contribution in [0.2, 0.25) is 0 Å². The second kappa shape index (κ2) is 6.53. The number of nitrogens with one attached hydrogen (secondary N) is 1. The molecule has 8 heteroatoms. The van der Waals surface area contributed by atoms with Crippen molar-refractivity contribution in [3.63, 3.8) is 0 Å². The van der Waals surface area contributed by atoms with E-state index in [1.165, 1.54) is 23.3 Å². The molecule has 1 fully saturated rings. The van der Waals surface area contributed by atoms with Crippen molar-refractivity contribution in [3.8, 4) is 11.5 Å². The number of likely N-dealkylation sites (N-methyl/N-ethyl adjacent to an activating group) is 1. The van der Waals surface area contributed by atoms with E-state index in [1.807, 2.05) is 7.05 Å². The van der Waals surface area contributed by atoms with E-state index in [9.17, 15) is 4.79 Å². The van der Waals surface area contributed by atoms with Crippen LogP contribution in [0.25, 0.3) is 21.7 Å². The summed E-state index contributed by atoms with van der Waals surface area (Å²) < 4.78 is 0. The second-order valence-corrected chi connectivity index (χ2v) is 8.21. The molecule has 7 nitrogen and oxygen atoms in total. The Morgan fingerprint density at radius 3 is 2.89 bits per heavy atom. The molecule has 0 saturated carbocycles. The summed E-state index contributed by atoms with van der Waals surface area (Å²) >= 11 is 1.75. The maximum atomic E-state index is 12.4. The van der Waals surface area contributed by atoms with Gasteiger partial charge >= 0.3 is 0 Å². The van der Waals surface area contributed by atoms with E-state index in [2.05, 4.69) is 15.3 Å². The summed E-state index contributed by atoms with van der Waals surface area (Å²) in [6.07, 6.45) is 10.3. The molecule has 138 valence electrons. The number of likely N-dealkylation sites (tertiary alicyclic amines) is 1. The summed E-state index contributed by atoms with van der Waals surface area (Å²) in [7, 11) is 1.84. The predicted octanol–water partition coefficient (Wildman–Crippen LogP) is 2.67. The maximum absolute atomic E-state index is 12.4. The van der Waals surface area contributed by atoms with Crippen LogP contribution in [0.1, 0.15) is 29.7 Å². The number of anilines is 1. The van der Waals surface area contributed by atoms with Crippen LogP contribution >= 0.6 is 11.3 Å². The predicted molar refractivity (Wildman–Crippen MR) is 105 cm³/mol. The Labute approximate surface area is 160 Å². The number of rotatable bonds is 3. The molecule has 1 N–H and O–H groups in total. The van der Waals surface area contributed by atoms with E-state index in [-0.39, 0.29) is 11.9 Å². The van der Waals surface area contributed by atoms with Crippen LogP contribution in [-0.4, -0.2) is 50.4 Å². The van der Waals surface area contributed by atoms with E-state index in [4.69, 9.17) is 9.97 Å². The third-order valence-electron chi connectivity index (χ3n) is 5.35. The molecule has 0 radical (unpaired) electrons. The van der Waals surface area contributed by atoms with Gasteiger partial charge in [0, 0.05) is 30.9 Å². The zero-order valence-corrected chi connectivity index (χ0v) is 15.9. The van der Waals surface area contributed by atoms with Crippen LogP contribution in [0.3, 0.4) is 0 Å². The number of aryl methyl sites for hydroxylation is 2. The lowest BCUT2D eigenvalue weighted by atomic mass is 9.97. The Hall–Kier alpha value is -2.61. The molecule has 0 aromatic carbocycles. The Balaban J connectivity index is 1.66. The summed E-state index contributed by atoms with van der Waals surface area (Å²) in [5.41, 5.74) is 2.00. The van der Waals surface area contributed by atoms with E-state index in [0.717, 1.165) is 41.8 Å². The Morgan fingerprint density at radius 1 is 1.22 bits per heavy atom. The lowest BCUT2D eigenvalue weighted by Gasteiger charge is -2.16. The smallest absolute Gasteiger partial charge is 0.244 e. The largest absolute Gasteiger partial charge is 0.358 e. The Kier molecular flexibility index (Phi) is 4.00. The quantitative estimate of drug-likeness (QED) is 0.752. The first-order chi connectivity index (χ1) is 13.2. The SMILES string of the molecule is CN1CCC(Nc2nc(-c3cnccn3)nc3sc4c(c23)CCCC4)C1=O. The number of hydrogen-bond acceptors (Lipinski definition) is 7. The molecule has 3 aromatic rings. The summed E-state index contributed by atoms with van der Waals surface area (Å²) in [6.45, 7) is 0.767. The summed E-state index contributed by atoms with van der Waals surface area (Å²) in [6, 6.07) is -0.234. The first-order valence-electron chi connectivity index (χ1n) is 9.31. The van der Waals surface area contributed by atoms with Crippen LogP contribution in [-0.2, 0) is 17.6 Å². The van der Waals surface area contributed by atoms with E-state index in [1.54, 1.807) is 34.8 Å². The zero-order chi connectivity index (χ0) is 18.4. The van der Waals surface area contributed by atoms with Gasteiger partial charge in [-0.3, -0.25) is 9.78 Å². The number of carbonyl (C=O) groups is 1. The topological polar surface area (TPSA) is 83.9 Å². The van der Waals surface area contributed by atoms with Gasteiger partial charge in [0.1, 0.15) is 22.4 Å². The number of fused-ring (bicyclic) bond motifs is 3. The average Bonchev–Trinajstić information content (AvgIpc) is 3.23. The molecule has 27 heavy (non-hydrogen) atoms. The van der Waals surface area contributed by atoms with Gasteiger partial charge in [-0.1, -0.05) is 0 Å². The van der Waals surface area contributed by atoms with Crippen LogP contribution < -0.4 is 5.32 Å². The van der Waals surface area contributed by atoms with Crippen molar-refractivity contribution >= 4 is 33.3 Å². The number of aromatic nitrogens is 4. The van der Waals surface area contributed by atoms with E-state index in [0.29, 0.717) is 11.5 Å². The minimum atomic E-state index is -0.234. The maximum Gasteiger partial charge on any atom is 0.244 e. The Morgan fingerprint density at radius 2 is 2.11 bits per heavy atom. The normalized spacial score (nSPS) is 19.5. The van der Waals surface area contributed by atoms with Crippen molar-refractivity contribution in [3.05, 3.63) is 29.0 Å². The highest BCUT2D eigenvalue weighted by molar-refractivity contribution is 7.19. The first-order valence-corrected chi connectivity index (χ1v) is 10.1. The fourth-order valence-electron chi connectivity index (χ4n) is 3.91. The molecule has 0 spiro atoms. The Bertz CT molecular complexity index is 1020. The van der Waals surface area contributed by atoms with Gasteiger partial charge in [0.15, 0.2) is 5.82 Å². The van der Waals surface area contributed by atoms with Crippen molar-refractivity contribution in [2.75, 3.05) is 18.9 Å². The van der Waals surface area contributed by atoms with Gasteiger partial charge in [0.05, 0.1) is 11.6 Å². The first kappa shape index (κ1) is 16.6. The zero-order valence-electron chi connectivity index (χ0n) is 15.1. The van der Waals surface area contributed by atoms with Crippen LogP contribution in [0, 0.1) is 0 Å². The molecular formula is C19H20N6OS. The van der Waals surface area contributed by atoms with Gasteiger partial charge in [-0.2, -0.15) is 0 Å². The molecule has 1 atom stereocenters. The van der Waals surface area contributed by atoms with Gasteiger partial charge in [-0.15, -0.1) is 11.3 Å². The standard InChI is InChI=1S/C19H20N6OS/c1-25-9-6-12(19(25)26)22-17-15-11-4-2-3-5-14(11)27-18(15)24-16(23-17)13-10-20-7-8-21-13/h7-8,10,12H,2-6,9H2,1H3,(H,22,23,24). The number of amides is 1. The van der Waals surface area contributed by atoms with Gasteiger partial charge < -0.3 is 10.2 Å². The van der Waals surface area contributed by atoms with Crippen molar-refractivity contribution in [2.24, 2.45) is 0 Å². The van der Waals surface area contributed by atoms with Crippen LogP contribution in [0.15, 0.2) is 18.6 Å². The number of thiophene rings is 1. The van der Waals surface area contributed by atoms with Crippen molar-refractivity contribution < 1.29 is 4.79 Å².